The van der Waals surface area contributed by atoms with Crippen molar-refractivity contribution in [3.8, 4) is 11.5 Å². The Hall–Kier alpha value is -1.71. The molecule has 1 amide bonds. The van der Waals surface area contributed by atoms with Crippen LogP contribution in [0.2, 0.25) is 0 Å². The quantitative estimate of drug-likeness (QED) is 0.808. The van der Waals surface area contributed by atoms with Gasteiger partial charge in [0.2, 0.25) is 5.91 Å². The Morgan fingerprint density at radius 2 is 1.71 bits per heavy atom. The Labute approximate surface area is 127 Å². The van der Waals surface area contributed by atoms with E-state index in [1.54, 1.807) is 0 Å². The SMILES string of the molecule is CCCC(=O)N1CCc2cc(OCC)c(OCC)cc2C1. The maximum absolute atomic E-state index is 12.1. The van der Waals surface area contributed by atoms with Crippen LogP contribution in [0.4, 0.5) is 0 Å². The van der Waals surface area contributed by atoms with Crippen molar-refractivity contribution in [3.05, 3.63) is 23.3 Å². The number of fused-ring (bicyclic) bond motifs is 1. The topological polar surface area (TPSA) is 38.8 Å². The van der Waals surface area contributed by atoms with Crippen LogP contribution in [0.5, 0.6) is 11.5 Å². The lowest BCUT2D eigenvalue weighted by atomic mass is 9.98. The van der Waals surface area contributed by atoms with Gasteiger partial charge in [-0.15, -0.1) is 0 Å². The number of hydrogen-bond donors (Lipinski definition) is 0. The zero-order valence-corrected chi connectivity index (χ0v) is 13.3. The molecule has 0 atom stereocenters. The first-order valence-corrected chi connectivity index (χ1v) is 7.88. The van der Waals surface area contributed by atoms with Crippen LogP contribution in [0, 0.1) is 0 Å². The highest BCUT2D eigenvalue weighted by Crippen LogP contribution is 2.34. The fraction of sp³-hybridized carbons (Fsp3) is 0.588. The van der Waals surface area contributed by atoms with Crippen LogP contribution in [-0.4, -0.2) is 30.6 Å². The maximum Gasteiger partial charge on any atom is 0.222 e. The molecule has 4 heteroatoms. The minimum absolute atomic E-state index is 0.245. The van der Waals surface area contributed by atoms with Crippen LogP contribution in [0.3, 0.4) is 0 Å². The van der Waals surface area contributed by atoms with Crippen LogP contribution in [-0.2, 0) is 17.8 Å². The number of hydrogen-bond acceptors (Lipinski definition) is 3. The zero-order valence-electron chi connectivity index (χ0n) is 13.3. The van der Waals surface area contributed by atoms with Crippen LogP contribution in [0.1, 0.15) is 44.7 Å². The van der Waals surface area contributed by atoms with E-state index in [4.69, 9.17) is 9.47 Å². The first-order valence-electron chi connectivity index (χ1n) is 7.88. The molecule has 4 nitrogen and oxygen atoms in total. The maximum atomic E-state index is 12.1. The van der Waals surface area contributed by atoms with E-state index in [9.17, 15) is 4.79 Å². The third-order valence-electron chi connectivity index (χ3n) is 3.69. The molecule has 0 bridgehead atoms. The lowest BCUT2D eigenvalue weighted by Gasteiger charge is -2.30. The Bertz CT molecular complexity index is 499. The van der Waals surface area contributed by atoms with Gasteiger partial charge in [0.25, 0.3) is 0 Å². The van der Waals surface area contributed by atoms with Gasteiger partial charge in [0.15, 0.2) is 11.5 Å². The Kier molecular flexibility index (Phi) is 5.48. The lowest BCUT2D eigenvalue weighted by Crippen LogP contribution is -2.35. The third kappa shape index (κ3) is 3.69. The number of rotatable bonds is 6. The fourth-order valence-electron chi connectivity index (χ4n) is 2.69. The van der Waals surface area contributed by atoms with Crippen LogP contribution in [0.25, 0.3) is 0 Å². The van der Waals surface area contributed by atoms with E-state index in [0.717, 1.165) is 30.9 Å². The first kappa shape index (κ1) is 15.7. The van der Waals surface area contributed by atoms with Crippen LogP contribution >= 0.6 is 0 Å². The molecule has 1 aliphatic heterocycles. The van der Waals surface area contributed by atoms with Crippen LogP contribution in [0.15, 0.2) is 12.1 Å². The normalized spacial score (nSPS) is 13.8. The molecular weight excluding hydrogens is 266 g/mol. The second-order valence-corrected chi connectivity index (χ2v) is 5.25. The fourth-order valence-corrected chi connectivity index (χ4v) is 2.69. The summed E-state index contributed by atoms with van der Waals surface area (Å²) in [5.41, 5.74) is 2.44. The van der Waals surface area contributed by atoms with Gasteiger partial charge in [-0.25, -0.2) is 0 Å². The summed E-state index contributed by atoms with van der Waals surface area (Å²) >= 11 is 0. The number of carbonyl (C=O) groups excluding carboxylic acids is 1. The molecule has 1 aromatic carbocycles. The number of amides is 1. The molecule has 21 heavy (non-hydrogen) atoms. The average molecular weight is 291 g/mol. The largest absolute Gasteiger partial charge is 0.490 e. The summed E-state index contributed by atoms with van der Waals surface area (Å²) in [5.74, 6) is 1.84. The molecular formula is C17H25NO3. The number of nitrogens with zero attached hydrogens (tertiary/aromatic N) is 1. The second kappa shape index (κ2) is 7.34. The average Bonchev–Trinajstić information content (AvgIpc) is 2.48. The van der Waals surface area contributed by atoms with Crippen molar-refractivity contribution >= 4 is 5.91 Å². The monoisotopic (exact) mass is 291 g/mol. The summed E-state index contributed by atoms with van der Waals surface area (Å²) in [7, 11) is 0. The molecule has 0 N–H and O–H groups in total. The van der Waals surface area contributed by atoms with Crippen molar-refractivity contribution < 1.29 is 14.3 Å². The predicted octanol–water partition coefficient (Wildman–Crippen LogP) is 3.17. The highest BCUT2D eigenvalue weighted by molar-refractivity contribution is 5.76. The van der Waals surface area contributed by atoms with Gasteiger partial charge in [-0.3, -0.25) is 4.79 Å². The van der Waals surface area contributed by atoms with Gasteiger partial charge < -0.3 is 14.4 Å². The van der Waals surface area contributed by atoms with Crippen molar-refractivity contribution in [2.24, 2.45) is 0 Å². The third-order valence-corrected chi connectivity index (χ3v) is 3.69. The summed E-state index contributed by atoms with van der Waals surface area (Å²) in [6.45, 7) is 8.69. The molecule has 0 radical (unpaired) electrons. The summed E-state index contributed by atoms with van der Waals surface area (Å²) in [5, 5.41) is 0. The lowest BCUT2D eigenvalue weighted by molar-refractivity contribution is -0.132. The number of benzene rings is 1. The van der Waals surface area contributed by atoms with Gasteiger partial charge in [0.05, 0.1) is 13.2 Å². The van der Waals surface area contributed by atoms with E-state index >= 15 is 0 Å². The number of ether oxygens (including phenoxy) is 2. The molecule has 0 spiro atoms. The smallest absolute Gasteiger partial charge is 0.222 e. The van der Waals surface area contributed by atoms with Gasteiger partial charge >= 0.3 is 0 Å². The van der Waals surface area contributed by atoms with Gasteiger partial charge in [0.1, 0.15) is 0 Å². The van der Waals surface area contributed by atoms with E-state index < -0.39 is 0 Å². The molecule has 0 fully saturated rings. The zero-order chi connectivity index (χ0) is 15.2. The van der Waals surface area contributed by atoms with E-state index in [-0.39, 0.29) is 5.91 Å². The Morgan fingerprint density at radius 1 is 1.10 bits per heavy atom. The predicted molar refractivity (Wildman–Crippen MR) is 82.8 cm³/mol. The van der Waals surface area contributed by atoms with Crippen molar-refractivity contribution in [2.75, 3.05) is 19.8 Å². The molecule has 0 saturated heterocycles. The van der Waals surface area contributed by atoms with E-state index in [2.05, 4.69) is 6.07 Å². The second-order valence-electron chi connectivity index (χ2n) is 5.25. The molecule has 2 rings (SSSR count). The first-order chi connectivity index (χ1) is 10.2. The number of carbonyl (C=O) groups is 1. The Morgan fingerprint density at radius 3 is 2.29 bits per heavy atom. The molecule has 0 unspecified atom stereocenters. The minimum Gasteiger partial charge on any atom is -0.490 e. The van der Waals surface area contributed by atoms with Crippen molar-refractivity contribution in [1.29, 1.82) is 0 Å². The van der Waals surface area contributed by atoms with Crippen molar-refractivity contribution in [1.82, 2.24) is 4.90 Å². The van der Waals surface area contributed by atoms with Crippen molar-refractivity contribution in [3.63, 3.8) is 0 Å². The standard InChI is InChI=1S/C17H25NO3/c1-4-7-17(19)18-9-8-13-10-15(20-5-2)16(21-6-3)11-14(13)12-18/h10-11H,4-9,12H2,1-3H3. The highest BCUT2D eigenvalue weighted by Gasteiger charge is 2.22. The van der Waals surface area contributed by atoms with Crippen LogP contribution < -0.4 is 9.47 Å². The highest BCUT2D eigenvalue weighted by atomic mass is 16.5. The molecule has 0 saturated carbocycles. The molecule has 116 valence electrons. The Balaban J connectivity index is 2.22. The molecule has 1 aromatic rings. The summed E-state index contributed by atoms with van der Waals surface area (Å²) in [6, 6.07) is 4.11. The summed E-state index contributed by atoms with van der Waals surface area (Å²) in [4.78, 5) is 14.0. The van der Waals surface area contributed by atoms with E-state index in [1.807, 2.05) is 31.7 Å². The summed E-state index contributed by atoms with van der Waals surface area (Å²) in [6.07, 6.45) is 2.41. The molecule has 1 aliphatic rings. The van der Waals surface area contributed by atoms with E-state index in [1.165, 1.54) is 11.1 Å². The van der Waals surface area contributed by atoms with E-state index in [0.29, 0.717) is 26.2 Å². The summed E-state index contributed by atoms with van der Waals surface area (Å²) < 4.78 is 11.3. The van der Waals surface area contributed by atoms with Gasteiger partial charge in [0, 0.05) is 19.5 Å². The molecule has 0 aliphatic carbocycles. The minimum atomic E-state index is 0.245. The molecule has 0 aromatic heterocycles. The van der Waals surface area contributed by atoms with Crippen molar-refractivity contribution in [2.45, 2.75) is 46.6 Å². The van der Waals surface area contributed by atoms with Gasteiger partial charge in [-0.2, -0.15) is 0 Å². The van der Waals surface area contributed by atoms with Gasteiger partial charge in [-0.1, -0.05) is 6.92 Å². The van der Waals surface area contributed by atoms with Gasteiger partial charge in [-0.05, 0) is 49.9 Å². The molecule has 1 heterocycles.